The molecule has 0 spiro atoms. The topological polar surface area (TPSA) is 13.1 Å². The first kappa shape index (κ1) is 35.1. The van der Waals surface area contributed by atoms with Crippen LogP contribution in [-0.4, -0.2) is 0 Å². The van der Waals surface area contributed by atoms with Crippen LogP contribution < -0.4 is 0 Å². The highest BCUT2D eigenvalue weighted by molar-refractivity contribution is 6.22. The molecule has 1 heterocycles. The third-order valence-corrected chi connectivity index (χ3v) is 13.8. The highest BCUT2D eigenvalue weighted by atomic mass is 16.3. The number of para-hydroxylation sites is 1. The van der Waals surface area contributed by atoms with E-state index >= 15 is 0 Å². The first-order chi connectivity index (χ1) is 30.5. The highest BCUT2D eigenvalue weighted by Crippen LogP contribution is 2.55. The number of rotatable bonds is 4. The Morgan fingerprint density at radius 1 is 0.290 bits per heavy atom. The van der Waals surface area contributed by atoms with Crippen LogP contribution in [0.3, 0.4) is 0 Å². The average molecular weight is 789 g/mol. The van der Waals surface area contributed by atoms with Crippen LogP contribution in [0.15, 0.2) is 211 Å². The quantitative estimate of drug-likeness (QED) is 0.128. The van der Waals surface area contributed by atoms with Crippen molar-refractivity contribution < 1.29 is 4.42 Å². The van der Waals surface area contributed by atoms with Crippen molar-refractivity contribution in [2.45, 2.75) is 19.3 Å². The number of hydrogen-bond acceptors (Lipinski definition) is 1. The van der Waals surface area contributed by atoms with Gasteiger partial charge in [0, 0.05) is 16.2 Å². The first-order valence-corrected chi connectivity index (χ1v) is 21.7. The molecule has 62 heavy (non-hydrogen) atoms. The van der Waals surface area contributed by atoms with E-state index < -0.39 is 0 Å². The fourth-order valence-corrected chi connectivity index (χ4v) is 11.0. The zero-order valence-electron chi connectivity index (χ0n) is 34.5. The third kappa shape index (κ3) is 5.03. The van der Waals surface area contributed by atoms with Gasteiger partial charge in [-0.25, -0.2) is 0 Å². The molecular weight excluding hydrogens is 749 g/mol. The van der Waals surface area contributed by atoms with Crippen LogP contribution >= 0.6 is 0 Å². The standard InChI is InChI=1S/C61H40O/c1-61(2)54-33-31-41(36-53(54)59-46-16-5-3-13-43(46)44-14-4-10-21-51(44)60(59)61)37-23-27-39(28-24-37)57-47-17-6-8-19-49(47)58(50-20-9-7-18-48(50)57)40-29-25-38(26-30-40)42-32-34-56-52(35-42)45-15-11-12-22-55(45)62-56/h3-36H,1-2H3. The summed E-state index contributed by atoms with van der Waals surface area (Å²) in [4.78, 5) is 0. The minimum Gasteiger partial charge on any atom is -0.456 e. The normalized spacial score (nSPS) is 13.1. The Morgan fingerprint density at radius 2 is 0.677 bits per heavy atom. The summed E-state index contributed by atoms with van der Waals surface area (Å²) in [5, 5.41) is 12.7. The molecule has 0 radical (unpaired) electrons. The molecule has 0 saturated heterocycles. The predicted molar refractivity (Wildman–Crippen MR) is 263 cm³/mol. The maximum absolute atomic E-state index is 6.12. The summed E-state index contributed by atoms with van der Waals surface area (Å²) in [5.41, 5.74) is 17.1. The van der Waals surface area contributed by atoms with Crippen LogP contribution in [-0.2, 0) is 5.41 Å². The summed E-state index contributed by atoms with van der Waals surface area (Å²) in [6.45, 7) is 4.79. The Bertz CT molecular complexity index is 3750. The van der Waals surface area contributed by atoms with Crippen LogP contribution in [0.2, 0.25) is 0 Å². The Balaban J connectivity index is 0.906. The Morgan fingerprint density at radius 3 is 1.24 bits per heavy atom. The van der Waals surface area contributed by atoms with Gasteiger partial charge in [-0.2, -0.15) is 0 Å². The lowest BCUT2D eigenvalue weighted by Crippen LogP contribution is -2.15. The van der Waals surface area contributed by atoms with Gasteiger partial charge in [-0.3, -0.25) is 0 Å². The molecule has 13 rings (SSSR count). The molecular formula is C61H40O. The fourth-order valence-electron chi connectivity index (χ4n) is 11.0. The Kier molecular flexibility index (Phi) is 7.42. The summed E-state index contributed by atoms with van der Waals surface area (Å²) in [5.74, 6) is 0. The monoisotopic (exact) mass is 788 g/mol. The molecule has 1 aliphatic rings. The van der Waals surface area contributed by atoms with Crippen molar-refractivity contribution in [3.05, 3.63) is 217 Å². The maximum atomic E-state index is 6.12. The van der Waals surface area contributed by atoms with Gasteiger partial charge in [0.05, 0.1) is 0 Å². The number of hydrogen-bond donors (Lipinski definition) is 0. The Hall–Kier alpha value is -7.74. The summed E-state index contributed by atoms with van der Waals surface area (Å²) in [7, 11) is 0. The molecule has 0 atom stereocenters. The van der Waals surface area contributed by atoms with E-state index in [-0.39, 0.29) is 5.41 Å². The lowest BCUT2D eigenvalue weighted by Gasteiger charge is -2.24. The van der Waals surface area contributed by atoms with Crippen molar-refractivity contribution in [2.75, 3.05) is 0 Å². The second-order valence-corrected chi connectivity index (χ2v) is 17.5. The molecule has 1 aliphatic carbocycles. The van der Waals surface area contributed by atoms with Gasteiger partial charge < -0.3 is 4.42 Å². The molecule has 0 saturated carbocycles. The van der Waals surface area contributed by atoms with Crippen molar-refractivity contribution >= 4 is 65.0 Å². The maximum Gasteiger partial charge on any atom is 0.135 e. The molecule has 1 heteroatoms. The van der Waals surface area contributed by atoms with Crippen LogP contribution in [0.5, 0.6) is 0 Å². The predicted octanol–water partition coefficient (Wildman–Crippen LogP) is 17.2. The molecule has 0 N–H and O–H groups in total. The smallest absolute Gasteiger partial charge is 0.135 e. The fraction of sp³-hybridized carbons (Fsp3) is 0.0492. The highest BCUT2D eigenvalue weighted by Gasteiger charge is 2.38. The lowest BCUT2D eigenvalue weighted by atomic mass is 9.79. The van der Waals surface area contributed by atoms with Gasteiger partial charge >= 0.3 is 0 Å². The summed E-state index contributed by atoms with van der Waals surface area (Å²) >= 11 is 0. The van der Waals surface area contributed by atoms with E-state index in [1.165, 1.54) is 110 Å². The van der Waals surface area contributed by atoms with Gasteiger partial charge in [0.25, 0.3) is 0 Å². The molecule has 0 bridgehead atoms. The second-order valence-electron chi connectivity index (χ2n) is 17.5. The molecule has 1 nitrogen and oxygen atoms in total. The largest absolute Gasteiger partial charge is 0.456 e. The number of fused-ring (bicyclic) bond motifs is 13. The van der Waals surface area contributed by atoms with Crippen LogP contribution in [0.1, 0.15) is 25.0 Å². The minimum atomic E-state index is -0.113. The number of furan rings is 1. The van der Waals surface area contributed by atoms with E-state index in [1.807, 2.05) is 12.1 Å². The van der Waals surface area contributed by atoms with E-state index in [2.05, 4.69) is 208 Å². The number of benzene rings is 11. The molecule has 0 amide bonds. The average Bonchev–Trinajstić information content (AvgIpc) is 3.82. The molecule has 0 unspecified atom stereocenters. The van der Waals surface area contributed by atoms with Gasteiger partial charge in [0.15, 0.2) is 0 Å². The minimum absolute atomic E-state index is 0.113. The SMILES string of the molecule is CC1(C)c2ccc(-c3ccc(-c4c5ccccc5c(-c5ccc(-c6ccc7oc8ccccc8c7c6)cc5)c5ccccc45)cc3)cc2-c2c1c1ccccc1c1ccccc21. The van der Waals surface area contributed by atoms with Crippen LogP contribution in [0.25, 0.3) is 121 Å². The van der Waals surface area contributed by atoms with E-state index in [0.717, 1.165) is 21.9 Å². The van der Waals surface area contributed by atoms with E-state index in [9.17, 15) is 0 Å². The molecule has 0 aliphatic heterocycles. The van der Waals surface area contributed by atoms with Gasteiger partial charge in [-0.05, 0) is 134 Å². The second kappa shape index (κ2) is 13.1. The summed E-state index contributed by atoms with van der Waals surface area (Å²) in [6, 6.07) is 76.1. The van der Waals surface area contributed by atoms with E-state index in [4.69, 9.17) is 4.42 Å². The molecule has 12 aromatic rings. The third-order valence-electron chi connectivity index (χ3n) is 13.8. The molecule has 1 aromatic heterocycles. The molecule has 11 aromatic carbocycles. The summed E-state index contributed by atoms with van der Waals surface area (Å²) < 4.78 is 6.12. The van der Waals surface area contributed by atoms with Crippen LogP contribution in [0.4, 0.5) is 0 Å². The Labute approximate surface area is 360 Å². The van der Waals surface area contributed by atoms with E-state index in [0.29, 0.717) is 0 Å². The van der Waals surface area contributed by atoms with Gasteiger partial charge in [-0.1, -0.05) is 196 Å². The first-order valence-electron chi connectivity index (χ1n) is 21.7. The van der Waals surface area contributed by atoms with Crippen molar-refractivity contribution in [3.63, 3.8) is 0 Å². The molecule has 0 fully saturated rings. The van der Waals surface area contributed by atoms with Gasteiger partial charge in [-0.15, -0.1) is 0 Å². The summed E-state index contributed by atoms with van der Waals surface area (Å²) in [6.07, 6.45) is 0. The zero-order chi connectivity index (χ0) is 41.1. The van der Waals surface area contributed by atoms with Crippen molar-refractivity contribution in [3.8, 4) is 55.6 Å². The van der Waals surface area contributed by atoms with Gasteiger partial charge in [0.2, 0.25) is 0 Å². The van der Waals surface area contributed by atoms with Gasteiger partial charge in [0.1, 0.15) is 11.2 Å². The molecule has 290 valence electrons. The van der Waals surface area contributed by atoms with Crippen molar-refractivity contribution in [1.29, 1.82) is 0 Å². The lowest BCUT2D eigenvalue weighted by molar-refractivity contribution is 0.666. The zero-order valence-corrected chi connectivity index (χ0v) is 34.5. The van der Waals surface area contributed by atoms with Crippen LogP contribution in [0, 0.1) is 0 Å². The van der Waals surface area contributed by atoms with Crippen molar-refractivity contribution in [1.82, 2.24) is 0 Å². The van der Waals surface area contributed by atoms with Crippen molar-refractivity contribution in [2.24, 2.45) is 0 Å². The van der Waals surface area contributed by atoms with E-state index in [1.54, 1.807) is 0 Å².